The first-order valence-electron chi connectivity index (χ1n) is 6.28. The Labute approximate surface area is 108 Å². The maximum Gasteiger partial charge on any atom is 0.227 e. The predicted octanol–water partition coefficient (Wildman–Crippen LogP) is 0.329. The van der Waals surface area contributed by atoms with Crippen molar-refractivity contribution in [2.45, 2.75) is 25.5 Å². The van der Waals surface area contributed by atoms with Gasteiger partial charge in [0.25, 0.3) is 0 Å². The van der Waals surface area contributed by atoms with Crippen LogP contribution in [0.3, 0.4) is 0 Å². The molecule has 2 rings (SSSR count). The van der Waals surface area contributed by atoms with Gasteiger partial charge in [0.1, 0.15) is 0 Å². The van der Waals surface area contributed by atoms with Crippen molar-refractivity contribution in [1.82, 2.24) is 10.2 Å². The van der Waals surface area contributed by atoms with Crippen LogP contribution in [-0.4, -0.2) is 48.2 Å². The van der Waals surface area contributed by atoms with Crippen molar-refractivity contribution in [2.75, 3.05) is 20.1 Å². The van der Waals surface area contributed by atoms with E-state index in [0.29, 0.717) is 19.5 Å². The zero-order valence-corrected chi connectivity index (χ0v) is 10.9. The number of amides is 1. The average Bonchev–Trinajstić information content (AvgIpc) is 2.74. The van der Waals surface area contributed by atoms with Gasteiger partial charge in [-0.2, -0.15) is 0 Å². The molecule has 0 unspecified atom stereocenters. The number of benzene rings is 1. The molecule has 1 aromatic rings. The molecule has 0 bridgehead atoms. The highest BCUT2D eigenvalue weighted by Gasteiger charge is 2.30. The van der Waals surface area contributed by atoms with Gasteiger partial charge >= 0.3 is 0 Å². The molecule has 18 heavy (non-hydrogen) atoms. The first-order chi connectivity index (χ1) is 8.58. The van der Waals surface area contributed by atoms with Crippen LogP contribution >= 0.6 is 0 Å². The molecule has 4 heteroatoms. The molecule has 1 aromatic carbocycles. The molecule has 0 saturated carbocycles. The van der Waals surface area contributed by atoms with E-state index in [2.05, 4.69) is 5.32 Å². The predicted molar refractivity (Wildman–Crippen MR) is 70.3 cm³/mol. The molecule has 98 valence electrons. The smallest absolute Gasteiger partial charge is 0.227 e. The minimum atomic E-state index is -0.462. The third-order valence-electron chi connectivity index (χ3n) is 3.48. The molecule has 1 heterocycles. The molecule has 2 atom stereocenters. The zero-order chi connectivity index (χ0) is 13.1. The summed E-state index contributed by atoms with van der Waals surface area (Å²) in [4.78, 5) is 13.8. The fourth-order valence-corrected chi connectivity index (χ4v) is 2.35. The molecule has 1 fully saturated rings. The maximum atomic E-state index is 12.1. The van der Waals surface area contributed by atoms with Crippen LogP contribution in [0.5, 0.6) is 0 Å². The fourth-order valence-electron chi connectivity index (χ4n) is 2.35. The van der Waals surface area contributed by atoms with Gasteiger partial charge in [0.2, 0.25) is 5.91 Å². The summed E-state index contributed by atoms with van der Waals surface area (Å²) in [5.41, 5.74) is 2.18. The van der Waals surface area contributed by atoms with Gasteiger partial charge in [0, 0.05) is 20.1 Å². The molecular weight excluding hydrogens is 228 g/mol. The number of carbonyl (C=O) groups is 1. The van der Waals surface area contributed by atoms with Crippen molar-refractivity contribution in [3.8, 4) is 0 Å². The molecule has 4 nitrogen and oxygen atoms in total. The van der Waals surface area contributed by atoms with E-state index in [-0.39, 0.29) is 11.9 Å². The Morgan fingerprint density at radius 2 is 2.28 bits per heavy atom. The summed E-state index contributed by atoms with van der Waals surface area (Å²) >= 11 is 0. The highest BCUT2D eigenvalue weighted by molar-refractivity contribution is 5.79. The Bertz CT molecular complexity index is 434. The molecule has 0 spiro atoms. The van der Waals surface area contributed by atoms with E-state index in [1.54, 1.807) is 11.9 Å². The molecule has 1 saturated heterocycles. The van der Waals surface area contributed by atoms with Gasteiger partial charge in [0.15, 0.2) is 0 Å². The lowest BCUT2D eigenvalue weighted by Crippen LogP contribution is -2.44. The largest absolute Gasteiger partial charge is 0.390 e. The third kappa shape index (κ3) is 2.89. The summed E-state index contributed by atoms with van der Waals surface area (Å²) in [6.45, 7) is 3.24. The van der Waals surface area contributed by atoms with Crippen molar-refractivity contribution >= 4 is 5.91 Å². The number of likely N-dealkylation sites (N-methyl/N-ethyl adjacent to an activating group) is 1. The summed E-state index contributed by atoms with van der Waals surface area (Å²) < 4.78 is 0. The number of nitrogens with one attached hydrogen (secondary N) is 1. The number of hydrogen-bond donors (Lipinski definition) is 2. The quantitative estimate of drug-likeness (QED) is 0.810. The Balaban J connectivity index is 1.99. The van der Waals surface area contributed by atoms with Crippen LogP contribution in [0.4, 0.5) is 0 Å². The maximum absolute atomic E-state index is 12.1. The molecule has 0 aliphatic carbocycles. The minimum Gasteiger partial charge on any atom is -0.390 e. The number of aliphatic hydroxyl groups is 1. The third-order valence-corrected chi connectivity index (χ3v) is 3.48. The summed E-state index contributed by atoms with van der Waals surface area (Å²) in [6, 6.07) is 7.85. The Morgan fingerprint density at radius 3 is 2.89 bits per heavy atom. The number of β-amino-alcohol motifs (C(OH)–C–C–N with tert-alkyl or cyclic N) is 1. The second-order valence-electron chi connectivity index (χ2n) is 4.96. The van der Waals surface area contributed by atoms with Crippen molar-refractivity contribution in [3.05, 3.63) is 35.4 Å². The van der Waals surface area contributed by atoms with Crippen LogP contribution in [0.25, 0.3) is 0 Å². The Morgan fingerprint density at radius 1 is 1.50 bits per heavy atom. The number of rotatable bonds is 3. The molecular formula is C14H20N2O2. The number of aliphatic hydroxyl groups excluding tert-OH is 1. The van der Waals surface area contributed by atoms with Gasteiger partial charge in [-0.3, -0.25) is 4.79 Å². The standard InChI is InChI=1S/C14H20N2O2/c1-10-4-3-5-11(6-10)7-14(18)16(2)12-8-15-9-13(12)17/h3-6,12-13,15,17H,7-9H2,1-2H3/t12-,13-/m0/s1. The van der Waals surface area contributed by atoms with Crippen LogP contribution in [0.2, 0.25) is 0 Å². The molecule has 0 radical (unpaired) electrons. The first kappa shape index (κ1) is 13.1. The monoisotopic (exact) mass is 248 g/mol. The summed E-state index contributed by atoms with van der Waals surface area (Å²) in [7, 11) is 1.76. The lowest BCUT2D eigenvalue weighted by Gasteiger charge is -2.26. The van der Waals surface area contributed by atoms with Crippen LogP contribution in [-0.2, 0) is 11.2 Å². The molecule has 0 aromatic heterocycles. The summed E-state index contributed by atoms with van der Waals surface area (Å²) in [5.74, 6) is 0.0494. The van der Waals surface area contributed by atoms with E-state index in [1.165, 1.54) is 0 Å². The van der Waals surface area contributed by atoms with E-state index in [0.717, 1.165) is 11.1 Å². The Kier molecular flexibility index (Phi) is 3.99. The number of hydrogen-bond acceptors (Lipinski definition) is 3. The lowest BCUT2D eigenvalue weighted by molar-refractivity contribution is -0.132. The number of nitrogens with zero attached hydrogens (tertiary/aromatic N) is 1. The van der Waals surface area contributed by atoms with Gasteiger partial charge in [-0.25, -0.2) is 0 Å². The van der Waals surface area contributed by atoms with E-state index >= 15 is 0 Å². The first-order valence-corrected chi connectivity index (χ1v) is 6.28. The van der Waals surface area contributed by atoms with E-state index in [4.69, 9.17) is 0 Å². The molecule has 1 aliphatic heterocycles. The van der Waals surface area contributed by atoms with Crippen molar-refractivity contribution < 1.29 is 9.90 Å². The second kappa shape index (κ2) is 5.50. The topological polar surface area (TPSA) is 52.6 Å². The van der Waals surface area contributed by atoms with Crippen molar-refractivity contribution in [1.29, 1.82) is 0 Å². The minimum absolute atomic E-state index is 0.0494. The van der Waals surface area contributed by atoms with Gasteiger partial charge in [0.05, 0.1) is 18.6 Å². The van der Waals surface area contributed by atoms with E-state index in [1.807, 2.05) is 31.2 Å². The lowest BCUT2D eigenvalue weighted by atomic mass is 10.1. The van der Waals surface area contributed by atoms with Crippen LogP contribution in [0.15, 0.2) is 24.3 Å². The van der Waals surface area contributed by atoms with Crippen LogP contribution < -0.4 is 5.32 Å². The highest BCUT2D eigenvalue weighted by atomic mass is 16.3. The summed E-state index contributed by atoms with van der Waals surface area (Å²) in [5, 5.41) is 12.8. The van der Waals surface area contributed by atoms with E-state index < -0.39 is 6.10 Å². The highest BCUT2D eigenvalue weighted by Crippen LogP contribution is 2.11. The van der Waals surface area contributed by atoms with Gasteiger partial charge < -0.3 is 15.3 Å². The van der Waals surface area contributed by atoms with Crippen LogP contribution in [0.1, 0.15) is 11.1 Å². The summed E-state index contributed by atoms with van der Waals surface area (Å²) in [6.07, 6.45) is -0.0713. The normalized spacial score (nSPS) is 23.1. The molecule has 1 aliphatic rings. The van der Waals surface area contributed by atoms with Crippen LogP contribution in [0, 0.1) is 6.92 Å². The zero-order valence-electron chi connectivity index (χ0n) is 10.9. The van der Waals surface area contributed by atoms with Gasteiger partial charge in [-0.15, -0.1) is 0 Å². The van der Waals surface area contributed by atoms with E-state index in [9.17, 15) is 9.90 Å². The number of aryl methyl sites for hydroxylation is 1. The average molecular weight is 248 g/mol. The molecule has 1 amide bonds. The SMILES string of the molecule is Cc1cccc(CC(=O)N(C)[C@H]2CNC[C@@H]2O)c1. The van der Waals surface area contributed by atoms with Gasteiger partial charge in [-0.05, 0) is 12.5 Å². The van der Waals surface area contributed by atoms with Crippen molar-refractivity contribution in [2.24, 2.45) is 0 Å². The second-order valence-corrected chi connectivity index (χ2v) is 4.96. The van der Waals surface area contributed by atoms with Gasteiger partial charge in [-0.1, -0.05) is 29.8 Å². The Hall–Kier alpha value is -1.39. The molecule has 2 N–H and O–H groups in total. The van der Waals surface area contributed by atoms with Crippen molar-refractivity contribution in [3.63, 3.8) is 0 Å². The number of carbonyl (C=O) groups excluding carboxylic acids is 1. The fraction of sp³-hybridized carbons (Fsp3) is 0.500.